The number of carbonyl (C=O) groups is 2. The number of hydrogen-bond acceptors (Lipinski definition) is 10. The van der Waals surface area contributed by atoms with Crippen molar-refractivity contribution in [2.75, 3.05) is 74.1 Å². The summed E-state index contributed by atoms with van der Waals surface area (Å²) in [5, 5.41) is 3.32. The maximum absolute atomic E-state index is 12.4. The van der Waals surface area contributed by atoms with Crippen molar-refractivity contribution in [3.63, 3.8) is 0 Å². The number of amides is 2. The summed E-state index contributed by atoms with van der Waals surface area (Å²) in [6.07, 6.45) is 5.02. The van der Waals surface area contributed by atoms with Gasteiger partial charge in [0.1, 0.15) is 0 Å². The molecular formula is C30H43N9O2S. The summed E-state index contributed by atoms with van der Waals surface area (Å²) in [4.78, 5) is 43.1. The van der Waals surface area contributed by atoms with Crippen LogP contribution in [0.1, 0.15) is 47.9 Å². The van der Waals surface area contributed by atoms with Crippen molar-refractivity contribution in [2.24, 2.45) is 5.73 Å². The molecule has 1 aromatic carbocycles. The Balaban J connectivity index is 1.32. The zero-order valence-electron chi connectivity index (χ0n) is 24.8. The average Bonchev–Trinajstić information content (AvgIpc) is 3.01. The molecule has 0 saturated carbocycles. The van der Waals surface area contributed by atoms with Crippen molar-refractivity contribution >= 4 is 47.6 Å². The van der Waals surface area contributed by atoms with Gasteiger partial charge in [-0.25, -0.2) is 9.97 Å². The summed E-state index contributed by atoms with van der Waals surface area (Å²) in [5.74, 6) is 0.212. The van der Waals surface area contributed by atoms with Crippen LogP contribution in [0, 0.1) is 6.92 Å². The minimum atomic E-state index is -0.639. The number of nitrogens with two attached hydrogens (primary N) is 1. The van der Waals surface area contributed by atoms with E-state index < -0.39 is 5.91 Å². The Morgan fingerprint density at radius 3 is 2.45 bits per heavy atom. The Morgan fingerprint density at radius 2 is 1.81 bits per heavy atom. The standard InChI is InChI=1S/C30H43N9O2S/c1-4-24-30(38-12-6-11-37(20-38)26(40)5-2)34-29(27(33-24)28(31)41)32-22-7-8-25(21(3)19-22)36-13-9-23(10-14-36)35-15-17-39(42)18-16-35/h5,7-8,19,23,42H,2,4,6,9-18,20H2,1,3H3,(H2,31,41)(H,32,34). The predicted octanol–water partition coefficient (Wildman–Crippen LogP) is 2.80. The number of hydrogen-bond donors (Lipinski definition) is 3. The van der Waals surface area contributed by atoms with Crippen molar-refractivity contribution in [3.8, 4) is 0 Å². The van der Waals surface area contributed by atoms with E-state index in [1.54, 1.807) is 4.90 Å². The van der Waals surface area contributed by atoms with Crippen LogP contribution in [0.5, 0.6) is 0 Å². The van der Waals surface area contributed by atoms with E-state index in [9.17, 15) is 9.59 Å². The van der Waals surface area contributed by atoms with Crippen molar-refractivity contribution in [1.29, 1.82) is 0 Å². The van der Waals surface area contributed by atoms with E-state index in [1.807, 2.05) is 17.9 Å². The third-order valence-corrected chi connectivity index (χ3v) is 8.97. The first-order valence-electron chi connectivity index (χ1n) is 14.9. The molecule has 1 aromatic heterocycles. The van der Waals surface area contributed by atoms with Crippen LogP contribution in [0.25, 0.3) is 0 Å². The molecule has 3 saturated heterocycles. The largest absolute Gasteiger partial charge is 0.371 e. The van der Waals surface area contributed by atoms with Gasteiger partial charge < -0.3 is 25.8 Å². The quantitative estimate of drug-likeness (QED) is 0.314. The van der Waals surface area contributed by atoms with Gasteiger partial charge in [0.05, 0.1) is 12.4 Å². The lowest BCUT2D eigenvalue weighted by molar-refractivity contribution is -0.126. The molecule has 2 aromatic rings. The highest BCUT2D eigenvalue weighted by Crippen LogP contribution is 2.31. The van der Waals surface area contributed by atoms with E-state index in [0.717, 1.165) is 76.3 Å². The fourth-order valence-electron chi connectivity index (χ4n) is 6.27. The minimum Gasteiger partial charge on any atom is -0.371 e. The van der Waals surface area contributed by atoms with Gasteiger partial charge in [-0.1, -0.05) is 26.3 Å². The number of primary amides is 1. The number of rotatable bonds is 8. The molecule has 12 heteroatoms. The zero-order chi connectivity index (χ0) is 29.8. The first kappa shape index (κ1) is 30.1. The van der Waals surface area contributed by atoms with Crippen LogP contribution in [0.2, 0.25) is 0 Å². The molecule has 0 radical (unpaired) electrons. The monoisotopic (exact) mass is 593 g/mol. The van der Waals surface area contributed by atoms with Crippen LogP contribution in [0.4, 0.5) is 23.0 Å². The summed E-state index contributed by atoms with van der Waals surface area (Å²) in [5.41, 5.74) is 9.71. The highest BCUT2D eigenvalue weighted by molar-refractivity contribution is 7.77. The molecule has 3 aliphatic heterocycles. The van der Waals surface area contributed by atoms with Crippen LogP contribution in [0.15, 0.2) is 30.9 Å². The summed E-state index contributed by atoms with van der Waals surface area (Å²) >= 11 is 4.49. The summed E-state index contributed by atoms with van der Waals surface area (Å²) in [6.45, 7) is 15.8. The normalized spacial score (nSPS) is 19.2. The lowest BCUT2D eigenvalue weighted by atomic mass is 10.0. The number of thiol groups is 1. The van der Waals surface area contributed by atoms with E-state index in [1.165, 1.54) is 11.8 Å². The average molecular weight is 594 g/mol. The van der Waals surface area contributed by atoms with E-state index >= 15 is 0 Å². The first-order valence-corrected chi connectivity index (χ1v) is 15.3. The Bertz CT molecular complexity index is 1310. The molecule has 0 spiro atoms. The molecule has 3 fully saturated rings. The lowest BCUT2D eigenvalue weighted by Gasteiger charge is -2.42. The fourth-order valence-corrected chi connectivity index (χ4v) is 6.44. The van der Waals surface area contributed by atoms with Crippen LogP contribution in [-0.2, 0) is 11.2 Å². The number of benzene rings is 1. The highest BCUT2D eigenvalue weighted by Gasteiger charge is 2.28. The van der Waals surface area contributed by atoms with Gasteiger partial charge >= 0.3 is 0 Å². The highest BCUT2D eigenvalue weighted by atomic mass is 32.1. The van der Waals surface area contributed by atoms with E-state index in [2.05, 4.69) is 62.9 Å². The second kappa shape index (κ2) is 13.3. The van der Waals surface area contributed by atoms with E-state index in [0.29, 0.717) is 43.0 Å². The van der Waals surface area contributed by atoms with Crippen molar-refractivity contribution in [2.45, 2.75) is 45.6 Å². The van der Waals surface area contributed by atoms with Crippen LogP contribution in [-0.4, -0.2) is 101 Å². The van der Waals surface area contributed by atoms with Crippen molar-refractivity contribution in [1.82, 2.24) is 24.1 Å². The third kappa shape index (κ3) is 6.66. The number of nitrogens with one attached hydrogen (secondary N) is 1. The van der Waals surface area contributed by atoms with Gasteiger partial charge in [0.2, 0.25) is 5.91 Å². The number of nitrogens with zero attached hydrogens (tertiary/aromatic N) is 7. The molecule has 0 atom stereocenters. The predicted molar refractivity (Wildman–Crippen MR) is 170 cm³/mol. The van der Waals surface area contributed by atoms with E-state index in [4.69, 9.17) is 10.7 Å². The number of carbonyl (C=O) groups excluding carboxylic acids is 2. The Kier molecular flexibility index (Phi) is 9.54. The molecule has 0 unspecified atom stereocenters. The molecule has 3 aliphatic rings. The molecular weight excluding hydrogens is 550 g/mol. The number of piperidine rings is 1. The number of piperazine rings is 1. The molecule has 42 heavy (non-hydrogen) atoms. The maximum Gasteiger partial charge on any atom is 0.271 e. The fraction of sp³-hybridized carbons (Fsp3) is 0.533. The van der Waals surface area contributed by atoms with Crippen LogP contribution < -0.4 is 20.9 Å². The van der Waals surface area contributed by atoms with Gasteiger partial charge in [-0.15, -0.1) is 0 Å². The van der Waals surface area contributed by atoms with Gasteiger partial charge in [0.15, 0.2) is 17.3 Å². The second-order valence-corrected chi connectivity index (χ2v) is 11.9. The first-order chi connectivity index (χ1) is 20.3. The molecule has 4 heterocycles. The molecule has 0 aliphatic carbocycles. The van der Waals surface area contributed by atoms with Crippen LogP contribution >= 0.6 is 12.8 Å². The smallest absolute Gasteiger partial charge is 0.271 e. The SMILES string of the molecule is C=CC(=O)N1CCCN(c2nc(Nc3ccc(N4CCC(N5CCN(S)CC5)CC4)c(C)c3)c(C(N)=O)nc2CC)C1. The Hall–Kier alpha value is -3.35. The molecule has 11 nitrogen and oxygen atoms in total. The molecule has 0 bridgehead atoms. The zero-order valence-corrected chi connectivity index (χ0v) is 25.7. The maximum atomic E-state index is 12.4. The van der Waals surface area contributed by atoms with E-state index in [-0.39, 0.29) is 11.6 Å². The second-order valence-electron chi connectivity index (χ2n) is 11.3. The van der Waals surface area contributed by atoms with Gasteiger partial charge in [-0.3, -0.25) is 18.8 Å². The lowest BCUT2D eigenvalue weighted by Crippen LogP contribution is -2.51. The molecule has 3 N–H and O–H groups in total. The van der Waals surface area contributed by atoms with Crippen LogP contribution in [0.3, 0.4) is 0 Å². The third-order valence-electron chi connectivity index (χ3n) is 8.57. The summed E-state index contributed by atoms with van der Waals surface area (Å²) in [7, 11) is 0. The molecule has 226 valence electrons. The summed E-state index contributed by atoms with van der Waals surface area (Å²) < 4.78 is 2.11. The molecule has 2 amide bonds. The number of aromatic nitrogens is 2. The number of aryl methyl sites for hydroxylation is 2. The van der Waals surface area contributed by atoms with Gasteiger partial charge in [-0.05, 0) is 62.4 Å². The Labute approximate surface area is 254 Å². The van der Waals surface area contributed by atoms with Gasteiger partial charge in [0.25, 0.3) is 5.91 Å². The topological polar surface area (TPSA) is 114 Å². The van der Waals surface area contributed by atoms with Gasteiger partial charge in [0, 0.05) is 69.8 Å². The Morgan fingerprint density at radius 1 is 1.07 bits per heavy atom. The van der Waals surface area contributed by atoms with Gasteiger partial charge in [-0.2, -0.15) is 0 Å². The summed E-state index contributed by atoms with van der Waals surface area (Å²) in [6, 6.07) is 6.88. The van der Waals surface area contributed by atoms with Crippen molar-refractivity contribution in [3.05, 3.63) is 47.8 Å². The number of anilines is 4. The van der Waals surface area contributed by atoms with Crippen molar-refractivity contribution < 1.29 is 9.59 Å². The molecule has 5 rings (SSSR count). The minimum absolute atomic E-state index is 0.106.